The maximum Gasteiger partial charge on any atom is 0.241 e. The second-order valence-electron chi connectivity index (χ2n) is 4.88. The van der Waals surface area contributed by atoms with Crippen LogP contribution in [-0.4, -0.2) is 40.4 Å². The highest BCUT2D eigenvalue weighted by molar-refractivity contribution is 5.81. The van der Waals surface area contributed by atoms with Crippen molar-refractivity contribution in [1.82, 2.24) is 14.9 Å². The van der Waals surface area contributed by atoms with E-state index in [0.717, 1.165) is 25.1 Å². The Hall–Kier alpha value is -2.50. The van der Waals surface area contributed by atoms with Crippen LogP contribution in [0, 0.1) is 5.82 Å². The fourth-order valence-electron chi connectivity index (χ4n) is 2.08. The average Bonchev–Trinajstić information content (AvgIpc) is 2.44. The monoisotopic (exact) mass is 286 g/mol. The van der Waals surface area contributed by atoms with Crippen LogP contribution in [0.5, 0.6) is 0 Å². The molecule has 3 rings (SSSR count). The van der Waals surface area contributed by atoms with Crippen molar-refractivity contribution in [2.45, 2.75) is 6.42 Å². The first kappa shape index (κ1) is 13.5. The lowest BCUT2D eigenvalue weighted by Crippen LogP contribution is -2.44. The van der Waals surface area contributed by atoms with E-state index in [1.807, 2.05) is 0 Å². The minimum absolute atomic E-state index is 0.0724. The number of carbonyl (C=O) groups is 1. The van der Waals surface area contributed by atoms with E-state index < -0.39 is 0 Å². The van der Waals surface area contributed by atoms with Crippen molar-refractivity contribution < 1.29 is 9.18 Å². The molecular weight excluding hydrogens is 271 g/mol. The number of nitrogens with one attached hydrogen (secondary N) is 1. The number of hydrogen-bond donors (Lipinski definition) is 1. The molecule has 1 aliphatic heterocycles. The molecule has 6 heteroatoms. The largest absolute Gasteiger partial charge is 0.361 e. The average molecular weight is 286 g/mol. The van der Waals surface area contributed by atoms with Gasteiger partial charge in [-0.25, -0.2) is 14.4 Å². The molecule has 0 saturated carbocycles. The molecule has 1 aromatic heterocycles. The Balaban J connectivity index is 1.68. The van der Waals surface area contributed by atoms with E-state index in [1.54, 1.807) is 23.1 Å². The van der Waals surface area contributed by atoms with Crippen LogP contribution in [0.4, 0.5) is 10.2 Å². The lowest BCUT2D eigenvalue weighted by Gasteiger charge is -2.30. The SMILES string of the molecule is O=C(CNc1cc(-c2ccc(F)cc2)ncn1)N1CCC1. The minimum atomic E-state index is -0.286. The topological polar surface area (TPSA) is 58.1 Å². The van der Waals surface area contributed by atoms with Crippen LogP contribution in [-0.2, 0) is 4.79 Å². The van der Waals surface area contributed by atoms with Gasteiger partial charge < -0.3 is 10.2 Å². The standard InChI is InChI=1S/C15H15FN4O/c16-12-4-2-11(3-5-12)13-8-14(19-10-18-13)17-9-15(21)20-6-1-7-20/h2-5,8,10H,1,6-7,9H2,(H,17,18,19). The number of carbonyl (C=O) groups excluding carboxylic acids is 1. The van der Waals surface area contributed by atoms with E-state index >= 15 is 0 Å². The number of aromatic nitrogens is 2. The summed E-state index contributed by atoms with van der Waals surface area (Å²) < 4.78 is 12.9. The number of halogens is 1. The van der Waals surface area contributed by atoms with Gasteiger partial charge in [0.25, 0.3) is 0 Å². The van der Waals surface area contributed by atoms with Gasteiger partial charge in [-0.05, 0) is 30.7 Å². The van der Waals surface area contributed by atoms with Crippen molar-refractivity contribution in [1.29, 1.82) is 0 Å². The zero-order valence-corrected chi connectivity index (χ0v) is 11.4. The molecule has 21 heavy (non-hydrogen) atoms. The van der Waals surface area contributed by atoms with Crippen LogP contribution in [0.2, 0.25) is 0 Å². The molecule has 1 N–H and O–H groups in total. The molecule has 0 bridgehead atoms. The maximum absolute atomic E-state index is 12.9. The Kier molecular flexibility index (Phi) is 3.77. The summed E-state index contributed by atoms with van der Waals surface area (Å²) in [7, 11) is 0. The lowest BCUT2D eigenvalue weighted by atomic mass is 10.1. The molecule has 1 aliphatic rings. The number of anilines is 1. The summed E-state index contributed by atoms with van der Waals surface area (Å²) in [5, 5.41) is 3.00. The quantitative estimate of drug-likeness (QED) is 0.933. The molecule has 0 atom stereocenters. The molecule has 0 unspecified atom stereocenters. The predicted octanol–water partition coefficient (Wildman–Crippen LogP) is 1.93. The molecule has 0 aliphatic carbocycles. The van der Waals surface area contributed by atoms with Gasteiger partial charge in [0.15, 0.2) is 0 Å². The fraction of sp³-hybridized carbons (Fsp3) is 0.267. The van der Waals surface area contributed by atoms with Gasteiger partial charge in [0.2, 0.25) is 5.91 Å². The first-order valence-electron chi connectivity index (χ1n) is 6.82. The van der Waals surface area contributed by atoms with Gasteiger partial charge in [-0.3, -0.25) is 4.79 Å². The van der Waals surface area contributed by atoms with Gasteiger partial charge in [-0.2, -0.15) is 0 Å². The summed E-state index contributed by atoms with van der Waals surface area (Å²) in [5.74, 6) is 0.368. The molecule has 5 nitrogen and oxygen atoms in total. The number of nitrogens with zero attached hydrogens (tertiary/aromatic N) is 3. The third-order valence-corrected chi connectivity index (χ3v) is 3.44. The molecule has 0 radical (unpaired) electrons. The highest BCUT2D eigenvalue weighted by atomic mass is 19.1. The Morgan fingerprint density at radius 1 is 1.24 bits per heavy atom. The number of benzene rings is 1. The number of rotatable bonds is 4. The van der Waals surface area contributed by atoms with Gasteiger partial charge in [0, 0.05) is 24.7 Å². The van der Waals surface area contributed by atoms with Crippen LogP contribution >= 0.6 is 0 Å². The molecule has 1 fully saturated rings. The molecule has 0 spiro atoms. The molecular formula is C15H15FN4O. The number of likely N-dealkylation sites (tertiary alicyclic amines) is 1. The molecule has 108 valence electrons. The van der Waals surface area contributed by atoms with Crippen molar-refractivity contribution >= 4 is 11.7 Å². The van der Waals surface area contributed by atoms with Crippen LogP contribution < -0.4 is 5.32 Å². The van der Waals surface area contributed by atoms with Gasteiger partial charge in [0.05, 0.1) is 12.2 Å². The normalized spacial score (nSPS) is 13.7. The fourth-order valence-corrected chi connectivity index (χ4v) is 2.08. The van der Waals surface area contributed by atoms with Crippen molar-refractivity contribution in [3.8, 4) is 11.3 Å². The van der Waals surface area contributed by atoms with Crippen molar-refractivity contribution in [3.63, 3.8) is 0 Å². The highest BCUT2D eigenvalue weighted by Crippen LogP contribution is 2.19. The van der Waals surface area contributed by atoms with Crippen LogP contribution in [0.3, 0.4) is 0 Å². The molecule has 1 amide bonds. The zero-order chi connectivity index (χ0) is 14.7. The van der Waals surface area contributed by atoms with Crippen LogP contribution in [0.1, 0.15) is 6.42 Å². The van der Waals surface area contributed by atoms with Gasteiger partial charge >= 0.3 is 0 Å². The molecule has 2 aromatic rings. The Morgan fingerprint density at radius 3 is 2.67 bits per heavy atom. The summed E-state index contributed by atoms with van der Waals surface area (Å²) in [5.41, 5.74) is 1.49. The van der Waals surface area contributed by atoms with E-state index in [1.165, 1.54) is 18.5 Å². The van der Waals surface area contributed by atoms with Crippen LogP contribution in [0.25, 0.3) is 11.3 Å². The predicted molar refractivity (Wildman–Crippen MR) is 77.1 cm³/mol. The van der Waals surface area contributed by atoms with E-state index in [4.69, 9.17) is 0 Å². The summed E-state index contributed by atoms with van der Waals surface area (Å²) in [6.07, 6.45) is 2.50. The number of hydrogen-bond acceptors (Lipinski definition) is 4. The second kappa shape index (κ2) is 5.87. The number of amides is 1. The first-order chi connectivity index (χ1) is 10.2. The second-order valence-corrected chi connectivity index (χ2v) is 4.88. The molecule has 1 aromatic carbocycles. The van der Waals surface area contributed by atoms with Gasteiger partial charge in [-0.15, -0.1) is 0 Å². The molecule has 1 saturated heterocycles. The van der Waals surface area contributed by atoms with Gasteiger partial charge in [0.1, 0.15) is 18.0 Å². The molecule has 2 heterocycles. The summed E-state index contributed by atoms with van der Waals surface area (Å²) in [6, 6.07) is 7.84. The zero-order valence-electron chi connectivity index (χ0n) is 11.4. The van der Waals surface area contributed by atoms with Gasteiger partial charge in [-0.1, -0.05) is 0 Å². The van der Waals surface area contributed by atoms with E-state index in [2.05, 4.69) is 15.3 Å². The smallest absolute Gasteiger partial charge is 0.241 e. The Labute approximate surface area is 121 Å². The van der Waals surface area contributed by atoms with Crippen molar-refractivity contribution in [2.75, 3.05) is 25.0 Å². The van der Waals surface area contributed by atoms with E-state index in [-0.39, 0.29) is 18.3 Å². The third-order valence-electron chi connectivity index (χ3n) is 3.44. The Morgan fingerprint density at radius 2 is 2.00 bits per heavy atom. The summed E-state index contributed by atoms with van der Waals surface area (Å²) >= 11 is 0. The minimum Gasteiger partial charge on any atom is -0.361 e. The van der Waals surface area contributed by atoms with E-state index in [0.29, 0.717) is 11.5 Å². The first-order valence-corrected chi connectivity index (χ1v) is 6.82. The summed E-state index contributed by atoms with van der Waals surface area (Å²) in [6.45, 7) is 1.90. The maximum atomic E-state index is 12.9. The van der Waals surface area contributed by atoms with E-state index in [9.17, 15) is 9.18 Å². The van der Waals surface area contributed by atoms with Crippen molar-refractivity contribution in [3.05, 3.63) is 42.5 Å². The third kappa shape index (κ3) is 3.16. The lowest BCUT2D eigenvalue weighted by molar-refractivity contribution is -0.132. The Bertz CT molecular complexity index is 640. The summed E-state index contributed by atoms with van der Waals surface area (Å²) in [4.78, 5) is 21.8. The van der Waals surface area contributed by atoms with Crippen LogP contribution in [0.15, 0.2) is 36.7 Å². The highest BCUT2D eigenvalue weighted by Gasteiger charge is 2.19. The van der Waals surface area contributed by atoms with Crippen molar-refractivity contribution in [2.24, 2.45) is 0 Å².